The van der Waals surface area contributed by atoms with Gasteiger partial charge in [-0.15, -0.1) is 0 Å². The van der Waals surface area contributed by atoms with Crippen LogP contribution in [0.25, 0.3) is 0 Å². The predicted molar refractivity (Wildman–Crippen MR) is 76.2 cm³/mol. The summed E-state index contributed by atoms with van der Waals surface area (Å²) in [6, 6.07) is 7.29. The summed E-state index contributed by atoms with van der Waals surface area (Å²) in [7, 11) is 0. The van der Waals surface area contributed by atoms with Gasteiger partial charge in [0.2, 0.25) is 0 Å². The zero-order valence-electron chi connectivity index (χ0n) is 11.2. The highest BCUT2D eigenvalue weighted by atomic mass is 35.5. The number of rotatable bonds is 5. The van der Waals surface area contributed by atoms with Gasteiger partial charge in [-0.3, -0.25) is 9.59 Å². The van der Waals surface area contributed by atoms with Gasteiger partial charge < -0.3 is 10.1 Å². The van der Waals surface area contributed by atoms with E-state index in [1.807, 2.05) is 18.2 Å². The van der Waals surface area contributed by atoms with Gasteiger partial charge in [0.1, 0.15) is 0 Å². The number of amides is 1. The molecule has 0 unspecified atom stereocenters. The molecule has 1 amide bonds. The van der Waals surface area contributed by atoms with Crippen molar-refractivity contribution in [2.45, 2.75) is 32.2 Å². The van der Waals surface area contributed by atoms with Gasteiger partial charge in [0, 0.05) is 11.6 Å². The molecular formula is C15H18ClNO3. The molecular weight excluding hydrogens is 278 g/mol. The largest absolute Gasteiger partial charge is 0.455 e. The Morgan fingerprint density at radius 1 is 1.25 bits per heavy atom. The van der Waals surface area contributed by atoms with Gasteiger partial charge in [-0.2, -0.15) is 0 Å². The van der Waals surface area contributed by atoms with Crippen LogP contribution >= 0.6 is 11.6 Å². The lowest BCUT2D eigenvalue weighted by Crippen LogP contribution is -2.29. The first-order chi connectivity index (χ1) is 9.66. The number of nitrogens with one attached hydrogen (secondary N) is 1. The molecule has 2 rings (SSSR count). The molecule has 1 aromatic rings. The molecule has 1 N–H and O–H groups in total. The van der Waals surface area contributed by atoms with Crippen molar-refractivity contribution in [3.05, 3.63) is 34.9 Å². The van der Waals surface area contributed by atoms with Crippen LogP contribution in [0.4, 0.5) is 0 Å². The standard InChI is InChI=1S/C15H18ClNO3/c16-13-8-4-3-7-12(13)9-17-14(18)10-20-15(19)11-5-1-2-6-11/h3-4,7-8,11H,1-2,5-6,9-10H2,(H,17,18). The Kier molecular flexibility index (Phi) is 5.41. The third-order valence-electron chi connectivity index (χ3n) is 3.47. The van der Waals surface area contributed by atoms with Crippen LogP contribution in [-0.4, -0.2) is 18.5 Å². The normalized spacial score (nSPS) is 15.1. The average molecular weight is 296 g/mol. The predicted octanol–water partition coefficient (Wildman–Crippen LogP) is 2.69. The summed E-state index contributed by atoms with van der Waals surface area (Å²) < 4.78 is 5.02. The Bertz CT molecular complexity index is 484. The molecule has 1 fully saturated rings. The first kappa shape index (κ1) is 14.9. The zero-order chi connectivity index (χ0) is 14.4. The van der Waals surface area contributed by atoms with E-state index in [4.69, 9.17) is 16.3 Å². The number of halogens is 1. The second-order valence-electron chi connectivity index (χ2n) is 4.96. The summed E-state index contributed by atoms with van der Waals surface area (Å²) in [6.45, 7) is 0.110. The number of carbonyl (C=O) groups is 2. The Morgan fingerprint density at radius 2 is 1.95 bits per heavy atom. The van der Waals surface area contributed by atoms with Crippen molar-refractivity contribution in [2.24, 2.45) is 5.92 Å². The summed E-state index contributed by atoms with van der Waals surface area (Å²) in [6.07, 6.45) is 3.89. The lowest BCUT2D eigenvalue weighted by atomic mass is 10.1. The van der Waals surface area contributed by atoms with Crippen LogP contribution in [0, 0.1) is 5.92 Å². The van der Waals surface area contributed by atoms with Crippen LogP contribution in [0.3, 0.4) is 0 Å². The topological polar surface area (TPSA) is 55.4 Å². The Morgan fingerprint density at radius 3 is 2.65 bits per heavy atom. The van der Waals surface area contributed by atoms with Gasteiger partial charge in [-0.1, -0.05) is 42.6 Å². The summed E-state index contributed by atoms with van der Waals surface area (Å²) >= 11 is 5.98. The fourth-order valence-electron chi connectivity index (χ4n) is 2.30. The highest BCUT2D eigenvalue weighted by molar-refractivity contribution is 6.31. The van der Waals surface area contributed by atoms with E-state index in [-0.39, 0.29) is 24.4 Å². The fourth-order valence-corrected chi connectivity index (χ4v) is 2.51. The van der Waals surface area contributed by atoms with Crippen molar-refractivity contribution in [3.63, 3.8) is 0 Å². The van der Waals surface area contributed by atoms with Crippen LogP contribution in [0.5, 0.6) is 0 Å². The lowest BCUT2D eigenvalue weighted by molar-refractivity contribution is -0.152. The third kappa shape index (κ3) is 4.23. The van der Waals surface area contributed by atoms with Gasteiger partial charge in [-0.05, 0) is 24.5 Å². The van der Waals surface area contributed by atoms with Crippen LogP contribution in [-0.2, 0) is 20.9 Å². The van der Waals surface area contributed by atoms with E-state index in [1.54, 1.807) is 6.07 Å². The van der Waals surface area contributed by atoms with Crippen molar-refractivity contribution in [1.82, 2.24) is 5.32 Å². The minimum absolute atomic E-state index is 0.0219. The Balaban J connectivity index is 1.70. The van der Waals surface area contributed by atoms with E-state index < -0.39 is 0 Å². The number of benzene rings is 1. The Labute approximate surface area is 123 Å². The SMILES string of the molecule is O=C(COC(=O)C1CCCC1)NCc1ccccc1Cl. The lowest BCUT2D eigenvalue weighted by Gasteiger charge is -2.10. The van der Waals surface area contributed by atoms with Gasteiger partial charge >= 0.3 is 5.97 Å². The molecule has 108 valence electrons. The van der Waals surface area contributed by atoms with E-state index in [0.717, 1.165) is 31.2 Å². The van der Waals surface area contributed by atoms with Gasteiger partial charge in [0.25, 0.3) is 5.91 Å². The third-order valence-corrected chi connectivity index (χ3v) is 3.84. The molecule has 0 aromatic heterocycles. The quantitative estimate of drug-likeness (QED) is 0.850. The maximum absolute atomic E-state index is 11.7. The van der Waals surface area contributed by atoms with Gasteiger partial charge in [0.15, 0.2) is 6.61 Å². The molecule has 1 aliphatic rings. The van der Waals surface area contributed by atoms with Crippen molar-refractivity contribution in [2.75, 3.05) is 6.61 Å². The van der Waals surface area contributed by atoms with Gasteiger partial charge in [-0.25, -0.2) is 0 Å². The highest BCUT2D eigenvalue weighted by Crippen LogP contribution is 2.25. The maximum atomic E-state index is 11.7. The minimum Gasteiger partial charge on any atom is -0.455 e. The van der Waals surface area contributed by atoms with E-state index in [0.29, 0.717) is 11.6 Å². The summed E-state index contributed by atoms with van der Waals surface area (Å²) in [5.74, 6) is -0.585. The number of esters is 1. The molecule has 4 nitrogen and oxygen atoms in total. The van der Waals surface area contributed by atoms with Crippen LogP contribution in [0.15, 0.2) is 24.3 Å². The molecule has 0 bridgehead atoms. The molecule has 20 heavy (non-hydrogen) atoms. The minimum atomic E-state index is -0.309. The molecule has 1 aromatic carbocycles. The number of carbonyl (C=O) groups excluding carboxylic acids is 2. The maximum Gasteiger partial charge on any atom is 0.309 e. The first-order valence-corrected chi connectivity index (χ1v) is 7.21. The van der Waals surface area contributed by atoms with E-state index in [2.05, 4.69) is 5.32 Å². The smallest absolute Gasteiger partial charge is 0.309 e. The van der Waals surface area contributed by atoms with Crippen LogP contribution in [0.1, 0.15) is 31.2 Å². The monoisotopic (exact) mass is 295 g/mol. The van der Waals surface area contributed by atoms with E-state index >= 15 is 0 Å². The summed E-state index contributed by atoms with van der Waals surface area (Å²) in [4.78, 5) is 23.3. The van der Waals surface area contributed by atoms with Crippen molar-refractivity contribution < 1.29 is 14.3 Å². The zero-order valence-corrected chi connectivity index (χ0v) is 12.0. The van der Waals surface area contributed by atoms with E-state index in [9.17, 15) is 9.59 Å². The first-order valence-electron chi connectivity index (χ1n) is 6.83. The Hall–Kier alpha value is -1.55. The molecule has 0 heterocycles. The molecule has 1 aliphatic carbocycles. The molecule has 0 saturated heterocycles. The second-order valence-corrected chi connectivity index (χ2v) is 5.36. The summed E-state index contributed by atoms with van der Waals surface area (Å²) in [5.41, 5.74) is 0.838. The average Bonchev–Trinajstić information content (AvgIpc) is 2.98. The molecule has 0 atom stereocenters. The number of ether oxygens (including phenoxy) is 1. The van der Waals surface area contributed by atoms with Gasteiger partial charge in [0.05, 0.1) is 5.92 Å². The molecule has 0 aliphatic heterocycles. The number of hydrogen-bond acceptors (Lipinski definition) is 3. The highest BCUT2D eigenvalue weighted by Gasteiger charge is 2.24. The van der Waals surface area contributed by atoms with Crippen molar-refractivity contribution in [1.29, 1.82) is 0 Å². The van der Waals surface area contributed by atoms with Crippen LogP contribution < -0.4 is 5.32 Å². The van der Waals surface area contributed by atoms with Crippen molar-refractivity contribution >= 4 is 23.5 Å². The second kappa shape index (κ2) is 7.29. The molecule has 0 spiro atoms. The number of hydrogen-bond donors (Lipinski definition) is 1. The van der Waals surface area contributed by atoms with E-state index in [1.165, 1.54) is 0 Å². The molecule has 1 saturated carbocycles. The fraction of sp³-hybridized carbons (Fsp3) is 0.467. The molecule has 0 radical (unpaired) electrons. The molecule has 5 heteroatoms. The van der Waals surface area contributed by atoms with Crippen LogP contribution in [0.2, 0.25) is 5.02 Å². The van der Waals surface area contributed by atoms with Crippen molar-refractivity contribution in [3.8, 4) is 0 Å². The summed E-state index contributed by atoms with van der Waals surface area (Å²) in [5, 5.41) is 3.29.